The summed E-state index contributed by atoms with van der Waals surface area (Å²) in [5, 5.41) is 3.35. The maximum Gasteiger partial charge on any atom is 0.258 e. The molecule has 0 fully saturated rings. The third-order valence-electron chi connectivity index (χ3n) is 2.60. The van der Waals surface area contributed by atoms with Crippen molar-refractivity contribution in [2.24, 2.45) is 11.7 Å². The molecule has 0 aliphatic rings. The van der Waals surface area contributed by atoms with Crippen LogP contribution >= 0.6 is 24.0 Å². The second-order valence-electron chi connectivity index (χ2n) is 4.85. The van der Waals surface area contributed by atoms with Gasteiger partial charge in [0.15, 0.2) is 6.61 Å². The number of para-hydroxylation sites is 1. The highest BCUT2D eigenvalue weighted by Crippen LogP contribution is 2.22. The first kappa shape index (κ1) is 19.0. The SMILES string of the molecule is CC(C)CC(CN)NC(=O)COc1ccccc1Cl.Cl. The number of nitrogens with one attached hydrogen (secondary N) is 1. The lowest BCUT2D eigenvalue weighted by Gasteiger charge is -2.19. The maximum absolute atomic E-state index is 11.7. The van der Waals surface area contributed by atoms with Crippen molar-refractivity contribution >= 4 is 29.9 Å². The van der Waals surface area contributed by atoms with Crippen LogP contribution in [-0.2, 0) is 4.79 Å². The summed E-state index contributed by atoms with van der Waals surface area (Å²) in [6.45, 7) is 4.55. The lowest BCUT2D eigenvalue weighted by atomic mass is 10.0. The Balaban J connectivity index is 0.00000361. The molecule has 0 saturated carbocycles. The Labute approximate surface area is 131 Å². The first-order valence-electron chi connectivity index (χ1n) is 6.39. The predicted molar refractivity (Wildman–Crippen MR) is 84.6 cm³/mol. The third-order valence-corrected chi connectivity index (χ3v) is 2.91. The first-order chi connectivity index (χ1) is 9.02. The zero-order chi connectivity index (χ0) is 14.3. The summed E-state index contributed by atoms with van der Waals surface area (Å²) >= 11 is 5.93. The van der Waals surface area contributed by atoms with Crippen LogP contribution in [-0.4, -0.2) is 25.1 Å². The molecule has 0 aromatic heterocycles. The van der Waals surface area contributed by atoms with Gasteiger partial charge in [-0.1, -0.05) is 37.6 Å². The molecule has 1 unspecified atom stereocenters. The number of hydrogen-bond acceptors (Lipinski definition) is 3. The van der Waals surface area contributed by atoms with Gasteiger partial charge in [0.25, 0.3) is 5.91 Å². The Hall–Kier alpha value is -0.970. The van der Waals surface area contributed by atoms with E-state index in [0.717, 1.165) is 6.42 Å². The molecule has 0 aliphatic heterocycles. The average Bonchev–Trinajstić information content (AvgIpc) is 2.36. The Morgan fingerprint density at radius 1 is 1.40 bits per heavy atom. The molecule has 114 valence electrons. The zero-order valence-corrected chi connectivity index (χ0v) is 13.3. The van der Waals surface area contributed by atoms with Gasteiger partial charge < -0.3 is 15.8 Å². The summed E-state index contributed by atoms with van der Waals surface area (Å²) in [6.07, 6.45) is 0.855. The summed E-state index contributed by atoms with van der Waals surface area (Å²) in [4.78, 5) is 11.7. The minimum atomic E-state index is -0.184. The molecule has 0 aliphatic carbocycles. The summed E-state index contributed by atoms with van der Waals surface area (Å²) in [7, 11) is 0. The molecule has 0 bridgehead atoms. The fourth-order valence-electron chi connectivity index (χ4n) is 1.76. The van der Waals surface area contributed by atoms with E-state index in [1.165, 1.54) is 0 Å². The van der Waals surface area contributed by atoms with E-state index < -0.39 is 0 Å². The number of benzene rings is 1. The number of nitrogens with two attached hydrogens (primary N) is 1. The summed E-state index contributed by atoms with van der Waals surface area (Å²) in [6, 6.07) is 7.05. The average molecular weight is 321 g/mol. The largest absolute Gasteiger partial charge is 0.482 e. The lowest BCUT2D eigenvalue weighted by Crippen LogP contribution is -2.43. The second kappa shape index (κ2) is 9.86. The van der Waals surface area contributed by atoms with Gasteiger partial charge in [-0.25, -0.2) is 0 Å². The minimum absolute atomic E-state index is 0. The standard InChI is InChI=1S/C14H21ClN2O2.ClH/c1-10(2)7-11(8-16)17-14(18)9-19-13-6-4-3-5-12(13)15;/h3-6,10-11H,7-9,16H2,1-2H3,(H,17,18);1H. The van der Waals surface area contributed by atoms with Crippen LogP contribution in [0, 0.1) is 5.92 Å². The normalized spacial score (nSPS) is 11.7. The van der Waals surface area contributed by atoms with Gasteiger partial charge in [-0.3, -0.25) is 4.79 Å². The predicted octanol–water partition coefficient (Wildman–Crippen LogP) is 2.63. The minimum Gasteiger partial charge on any atom is -0.482 e. The molecule has 0 spiro atoms. The molecule has 20 heavy (non-hydrogen) atoms. The number of halogens is 2. The van der Waals surface area contributed by atoms with Crippen molar-refractivity contribution in [3.05, 3.63) is 29.3 Å². The van der Waals surface area contributed by atoms with Crippen LogP contribution in [0.15, 0.2) is 24.3 Å². The number of carbonyl (C=O) groups is 1. The smallest absolute Gasteiger partial charge is 0.258 e. The highest BCUT2D eigenvalue weighted by molar-refractivity contribution is 6.32. The van der Waals surface area contributed by atoms with Crippen LogP contribution in [0.2, 0.25) is 5.02 Å². The Bertz CT molecular complexity index is 414. The highest BCUT2D eigenvalue weighted by Gasteiger charge is 2.13. The molecule has 4 nitrogen and oxygen atoms in total. The Morgan fingerprint density at radius 2 is 2.05 bits per heavy atom. The molecule has 1 aromatic carbocycles. The number of amides is 1. The van der Waals surface area contributed by atoms with Gasteiger partial charge in [0.05, 0.1) is 5.02 Å². The second-order valence-corrected chi connectivity index (χ2v) is 5.26. The van der Waals surface area contributed by atoms with Crippen molar-refractivity contribution in [3.63, 3.8) is 0 Å². The van der Waals surface area contributed by atoms with Gasteiger partial charge in [-0.05, 0) is 24.5 Å². The van der Waals surface area contributed by atoms with Crippen LogP contribution in [0.25, 0.3) is 0 Å². The molecule has 3 N–H and O–H groups in total. The van der Waals surface area contributed by atoms with Crippen molar-refractivity contribution in [2.75, 3.05) is 13.2 Å². The first-order valence-corrected chi connectivity index (χ1v) is 6.77. The van der Waals surface area contributed by atoms with Gasteiger partial charge in [0, 0.05) is 12.6 Å². The highest BCUT2D eigenvalue weighted by atomic mass is 35.5. The van der Waals surface area contributed by atoms with E-state index in [4.69, 9.17) is 22.1 Å². The van der Waals surface area contributed by atoms with E-state index >= 15 is 0 Å². The van der Waals surface area contributed by atoms with Gasteiger partial charge >= 0.3 is 0 Å². The van der Waals surface area contributed by atoms with E-state index in [1.54, 1.807) is 18.2 Å². The topological polar surface area (TPSA) is 64.3 Å². The molecule has 0 saturated heterocycles. The molecular weight excluding hydrogens is 299 g/mol. The van der Waals surface area contributed by atoms with E-state index in [2.05, 4.69) is 19.2 Å². The number of carbonyl (C=O) groups excluding carboxylic acids is 1. The quantitative estimate of drug-likeness (QED) is 0.811. The van der Waals surface area contributed by atoms with Crippen LogP contribution in [0.3, 0.4) is 0 Å². The van der Waals surface area contributed by atoms with Gasteiger partial charge in [-0.15, -0.1) is 12.4 Å². The van der Waals surface area contributed by atoms with Gasteiger partial charge in [0.2, 0.25) is 0 Å². The summed E-state index contributed by atoms with van der Waals surface area (Å²) in [5.74, 6) is 0.807. The van der Waals surface area contributed by atoms with Crippen molar-refractivity contribution < 1.29 is 9.53 Å². The molecule has 0 heterocycles. The van der Waals surface area contributed by atoms with Crippen molar-refractivity contribution in [2.45, 2.75) is 26.3 Å². The number of rotatable bonds is 7. The fraction of sp³-hybridized carbons (Fsp3) is 0.500. The molecular formula is C14H22Cl2N2O2. The summed E-state index contributed by atoms with van der Waals surface area (Å²) in [5.41, 5.74) is 5.62. The van der Waals surface area contributed by atoms with E-state index in [9.17, 15) is 4.79 Å². The maximum atomic E-state index is 11.7. The van der Waals surface area contributed by atoms with Gasteiger partial charge in [0.1, 0.15) is 5.75 Å². The summed E-state index contributed by atoms with van der Waals surface area (Å²) < 4.78 is 5.36. The monoisotopic (exact) mass is 320 g/mol. The molecule has 1 aromatic rings. The third kappa shape index (κ3) is 6.98. The zero-order valence-electron chi connectivity index (χ0n) is 11.8. The number of hydrogen-bond donors (Lipinski definition) is 2. The Kier molecular flexibility index (Phi) is 9.38. The van der Waals surface area contributed by atoms with Crippen molar-refractivity contribution in [1.82, 2.24) is 5.32 Å². The number of ether oxygens (including phenoxy) is 1. The lowest BCUT2D eigenvalue weighted by molar-refractivity contribution is -0.123. The van der Waals surface area contributed by atoms with E-state index in [0.29, 0.717) is 23.2 Å². The van der Waals surface area contributed by atoms with Crippen LogP contribution in [0.5, 0.6) is 5.75 Å². The van der Waals surface area contributed by atoms with E-state index in [-0.39, 0.29) is 31.0 Å². The van der Waals surface area contributed by atoms with Crippen molar-refractivity contribution in [3.8, 4) is 5.75 Å². The molecule has 0 radical (unpaired) electrons. The van der Waals surface area contributed by atoms with Gasteiger partial charge in [-0.2, -0.15) is 0 Å². The van der Waals surface area contributed by atoms with E-state index in [1.807, 2.05) is 6.07 Å². The molecule has 1 rings (SSSR count). The fourth-order valence-corrected chi connectivity index (χ4v) is 1.95. The van der Waals surface area contributed by atoms with Crippen LogP contribution in [0.4, 0.5) is 0 Å². The molecule has 6 heteroatoms. The molecule has 1 atom stereocenters. The van der Waals surface area contributed by atoms with Crippen LogP contribution in [0.1, 0.15) is 20.3 Å². The van der Waals surface area contributed by atoms with Crippen LogP contribution < -0.4 is 15.8 Å². The Morgan fingerprint density at radius 3 is 2.60 bits per heavy atom. The molecule has 1 amide bonds. The van der Waals surface area contributed by atoms with Crippen molar-refractivity contribution in [1.29, 1.82) is 0 Å².